The first-order valence-corrected chi connectivity index (χ1v) is 6.79. The van der Waals surface area contributed by atoms with Gasteiger partial charge in [-0.1, -0.05) is 6.07 Å². The molecule has 0 bridgehead atoms. The van der Waals surface area contributed by atoms with Crippen molar-refractivity contribution in [2.45, 2.75) is 24.9 Å². The lowest BCUT2D eigenvalue weighted by molar-refractivity contribution is 0.237. The molecule has 1 aromatic carbocycles. The molecule has 0 saturated carbocycles. The SMILES string of the molecule is COc1ccc(C(C2CCCN2)N(C)C)c(OC)c1. The van der Waals surface area contributed by atoms with Gasteiger partial charge in [-0.3, -0.25) is 0 Å². The average molecular weight is 264 g/mol. The predicted octanol–water partition coefficient (Wildman–Crippen LogP) is 2.06. The number of benzene rings is 1. The lowest BCUT2D eigenvalue weighted by Gasteiger charge is -2.31. The molecule has 2 atom stereocenters. The van der Waals surface area contributed by atoms with Crippen LogP contribution in [0.2, 0.25) is 0 Å². The van der Waals surface area contributed by atoms with Crippen molar-refractivity contribution >= 4 is 0 Å². The van der Waals surface area contributed by atoms with E-state index >= 15 is 0 Å². The van der Waals surface area contributed by atoms with Gasteiger partial charge in [0.05, 0.1) is 20.3 Å². The molecule has 1 aliphatic rings. The van der Waals surface area contributed by atoms with E-state index in [0.717, 1.165) is 18.0 Å². The van der Waals surface area contributed by atoms with Gasteiger partial charge in [-0.2, -0.15) is 0 Å². The lowest BCUT2D eigenvalue weighted by atomic mass is 9.96. The van der Waals surface area contributed by atoms with Crippen molar-refractivity contribution in [2.24, 2.45) is 0 Å². The summed E-state index contributed by atoms with van der Waals surface area (Å²) in [5.41, 5.74) is 1.22. The Morgan fingerprint density at radius 3 is 2.58 bits per heavy atom. The Hall–Kier alpha value is -1.26. The van der Waals surface area contributed by atoms with Crippen LogP contribution in [-0.2, 0) is 0 Å². The zero-order valence-corrected chi connectivity index (χ0v) is 12.3. The van der Waals surface area contributed by atoms with E-state index in [9.17, 15) is 0 Å². The highest BCUT2D eigenvalue weighted by Crippen LogP contribution is 2.35. The Kier molecular flexibility index (Phi) is 4.66. The van der Waals surface area contributed by atoms with Crippen LogP contribution in [0.15, 0.2) is 18.2 Å². The molecule has 0 aliphatic carbocycles. The third kappa shape index (κ3) is 3.01. The number of nitrogens with zero attached hydrogens (tertiary/aromatic N) is 1. The predicted molar refractivity (Wildman–Crippen MR) is 77.0 cm³/mol. The fourth-order valence-corrected chi connectivity index (χ4v) is 2.90. The zero-order valence-electron chi connectivity index (χ0n) is 12.3. The first-order chi connectivity index (χ1) is 9.17. The van der Waals surface area contributed by atoms with Crippen LogP contribution in [0, 0.1) is 0 Å². The molecule has 19 heavy (non-hydrogen) atoms. The first-order valence-electron chi connectivity index (χ1n) is 6.79. The van der Waals surface area contributed by atoms with Gasteiger partial charge in [-0.05, 0) is 39.5 Å². The fraction of sp³-hybridized carbons (Fsp3) is 0.600. The molecule has 1 aromatic rings. The molecule has 1 aliphatic heterocycles. The second-order valence-electron chi connectivity index (χ2n) is 5.22. The third-order valence-corrected chi connectivity index (χ3v) is 3.80. The Balaban J connectivity index is 2.35. The average Bonchev–Trinajstić information content (AvgIpc) is 2.92. The number of likely N-dealkylation sites (N-methyl/N-ethyl adjacent to an activating group) is 1. The minimum atomic E-state index is 0.323. The van der Waals surface area contributed by atoms with Crippen molar-refractivity contribution in [1.29, 1.82) is 0 Å². The van der Waals surface area contributed by atoms with Crippen molar-refractivity contribution < 1.29 is 9.47 Å². The molecule has 4 heteroatoms. The van der Waals surface area contributed by atoms with Gasteiger partial charge in [-0.25, -0.2) is 0 Å². The molecule has 1 heterocycles. The quantitative estimate of drug-likeness (QED) is 0.882. The maximum Gasteiger partial charge on any atom is 0.127 e. The summed E-state index contributed by atoms with van der Waals surface area (Å²) in [5, 5.41) is 3.59. The number of ether oxygens (including phenoxy) is 2. The Bertz CT molecular complexity index is 415. The highest BCUT2D eigenvalue weighted by Gasteiger charge is 2.29. The topological polar surface area (TPSA) is 33.7 Å². The Morgan fingerprint density at radius 2 is 2.05 bits per heavy atom. The largest absolute Gasteiger partial charge is 0.497 e. The Labute approximate surface area is 115 Å². The van der Waals surface area contributed by atoms with Crippen molar-refractivity contribution in [1.82, 2.24) is 10.2 Å². The monoisotopic (exact) mass is 264 g/mol. The van der Waals surface area contributed by atoms with E-state index in [0.29, 0.717) is 12.1 Å². The van der Waals surface area contributed by atoms with E-state index in [1.165, 1.54) is 18.4 Å². The molecule has 0 amide bonds. The minimum Gasteiger partial charge on any atom is -0.497 e. The molecule has 1 saturated heterocycles. The van der Waals surface area contributed by atoms with Gasteiger partial charge in [0.2, 0.25) is 0 Å². The molecule has 1 fully saturated rings. The second kappa shape index (κ2) is 6.26. The van der Waals surface area contributed by atoms with Crippen LogP contribution >= 0.6 is 0 Å². The molecule has 0 radical (unpaired) electrons. The molecular weight excluding hydrogens is 240 g/mol. The van der Waals surface area contributed by atoms with Crippen molar-refractivity contribution in [3.05, 3.63) is 23.8 Å². The van der Waals surface area contributed by atoms with E-state index in [4.69, 9.17) is 9.47 Å². The molecule has 0 aromatic heterocycles. The van der Waals surface area contributed by atoms with Crippen LogP contribution in [0.1, 0.15) is 24.4 Å². The minimum absolute atomic E-state index is 0.323. The van der Waals surface area contributed by atoms with Crippen LogP contribution < -0.4 is 14.8 Å². The fourth-order valence-electron chi connectivity index (χ4n) is 2.90. The van der Waals surface area contributed by atoms with Gasteiger partial charge in [0.15, 0.2) is 0 Å². The number of rotatable bonds is 5. The summed E-state index contributed by atoms with van der Waals surface area (Å²) in [5.74, 6) is 1.73. The van der Waals surface area contributed by atoms with E-state index in [2.05, 4.69) is 30.4 Å². The molecule has 0 spiro atoms. The van der Waals surface area contributed by atoms with Crippen LogP contribution in [-0.4, -0.2) is 45.8 Å². The maximum absolute atomic E-state index is 5.54. The number of hydrogen-bond acceptors (Lipinski definition) is 4. The standard InChI is InChI=1S/C15H24N2O2/c1-17(2)15(13-6-5-9-16-13)12-8-7-11(18-3)10-14(12)19-4/h7-8,10,13,15-16H,5-6,9H2,1-4H3. The first kappa shape index (κ1) is 14.2. The highest BCUT2D eigenvalue weighted by atomic mass is 16.5. The van der Waals surface area contributed by atoms with E-state index in [1.807, 2.05) is 12.1 Å². The summed E-state index contributed by atoms with van der Waals surface area (Å²) in [6.07, 6.45) is 2.45. The van der Waals surface area contributed by atoms with Gasteiger partial charge in [0.1, 0.15) is 11.5 Å². The van der Waals surface area contributed by atoms with Crippen molar-refractivity contribution in [2.75, 3.05) is 34.9 Å². The normalized spacial score (nSPS) is 20.6. The molecule has 1 N–H and O–H groups in total. The summed E-state index contributed by atoms with van der Waals surface area (Å²) in [6, 6.07) is 6.88. The summed E-state index contributed by atoms with van der Waals surface area (Å²) >= 11 is 0. The van der Waals surface area contributed by atoms with Gasteiger partial charge in [-0.15, -0.1) is 0 Å². The van der Waals surface area contributed by atoms with Gasteiger partial charge in [0, 0.05) is 17.7 Å². The van der Waals surface area contributed by atoms with Gasteiger partial charge < -0.3 is 19.7 Å². The zero-order chi connectivity index (χ0) is 13.8. The summed E-state index contributed by atoms with van der Waals surface area (Å²) < 4.78 is 10.8. The van der Waals surface area contributed by atoms with Gasteiger partial charge in [0.25, 0.3) is 0 Å². The molecule has 2 rings (SSSR count). The molecule has 106 valence electrons. The summed E-state index contributed by atoms with van der Waals surface area (Å²) in [4.78, 5) is 2.26. The highest BCUT2D eigenvalue weighted by molar-refractivity contribution is 5.43. The van der Waals surface area contributed by atoms with Crippen LogP contribution in [0.4, 0.5) is 0 Å². The number of hydrogen-bond donors (Lipinski definition) is 1. The smallest absolute Gasteiger partial charge is 0.127 e. The maximum atomic E-state index is 5.54. The van der Waals surface area contributed by atoms with Crippen LogP contribution in [0.25, 0.3) is 0 Å². The lowest BCUT2D eigenvalue weighted by Crippen LogP contribution is -2.37. The van der Waals surface area contributed by atoms with Crippen molar-refractivity contribution in [3.63, 3.8) is 0 Å². The van der Waals surface area contributed by atoms with Crippen molar-refractivity contribution in [3.8, 4) is 11.5 Å². The number of methoxy groups -OCH3 is 2. The second-order valence-corrected chi connectivity index (χ2v) is 5.22. The van der Waals surface area contributed by atoms with Crippen LogP contribution in [0.5, 0.6) is 11.5 Å². The molecule has 2 unspecified atom stereocenters. The van der Waals surface area contributed by atoms with E-state index < -0.39 is 0 Å². The van der Waals surface area contributed by atoms with E-state index in [1.54, 1.807) is 14.2 Å². The molecule has 4 nitrogen and oxygen atoms in total. The summed E-state index contributed by atoms with van der Waals surface area (Å²) in [6.45, 7) is 1.10. The third-order valence-electron chi connectivity index (χ3n) is 3.80. The summed E-state index contributed by atoms with van der Waals surface area (Å²) in [7, 11) is 7.63. The molecular formula is C15H24N2O2. The number of nitrogens with one attached hydrogen (secondary N) is 1. The van der Waals surface area contributed by atoms with E-state index in [-0.39, 0.29) is 0 Å². The van der Waals surface area contributed by atoms with Crippen LogP contribution in [0.3, 0.4) is 0 Å². The van der Waals surface area contributed by atoms with Gasteiger partial charge >= 0.3 is 0 Å². The Morgan fingerprint density at radius 1 is 1.26 bits per heavy atom.